The first-order chi connectivity index (χ1) is 17.9. The van der Waals surface area contributed by atoms with Crippen LogP contribution in [0, 0.1) is 0 Å². The van der Waals surface area contributed by atoms with E-state index in [9.17, 15) is 9.59 Å². The molecule has 4 aromatic rings. The molecular weight excluding hydrogens is 470 g/mol. The van der Waals surface area contributed by atoms with Gasteiger partial charge in [-0.3, -0.25) is 9.59 Å². The molecule has 37 heavy (non-hydrogen) atoms. The van der Waals surface area contributed by atoms with Crippen LogP contribution in [0.1, 0.15) is 16.2 Å². The van der Waals surface area contributed by atoms with Gasteiger partial charge in [0.25, 0.3) is 5.91 Å². The van der Waals surface area contributed by atoms with Crippen LogP contribution in [0.2, 0.25) is 0 Å². The maximum absolute atomic E-state index is 14.2. The number of hydrogen-bond donors (Lipinski definition) is 2. The minimum absolute atomic E-state index is 0.141. The Hall–Kier alpha value is -4.79. The lowest BCUT2D eigenvalue weighted by Crippen LogP contribution is -2.73. The number of imidazole rings is 1. The van der Waals surface area contributed by atoms with E-state index < -0.39 is 5.54 Å². The van der Waals surface area contributed by atoms with Gasteiger partial charge in [-0.2, -0.15) is 0 Å². The van der Waals surface area contributed by atoms with Gasteiger partial charge < -0.3 is 30.0 Å². The summed E-state index contributed by atoms with van der Waals surface area (Å²) in [7, 11) is 3.12. The molecule has 3 aromatic carbocycles. The third-order valence-corrected chi connectivity index (χ3v) is 7.01. The first-order valence-corrected chi connectivity index (χ1v) is 11.8. The van der Waals surface area contributed by atoms with Crippen LogP contribution in [0.25, 0.3) is 16.6 Å². The van der Waals surface area contributed by atoms with E-state index in [1.807, 2.05) is 42.5 Å². The average Bonchev–Trinajstić information content (AvgIpc) is 3.43. The number of amides is 1. The molecule has 1 saturated heterocycles. The van der Waals surface area contributed by atoms with Crippen LogP contribution in [-0.2, 0) is 4.79 Å². The summed E-state index contributed by atoms with van der Waals surface area (Å²) in [4.78, 5) is 38.6. The van der Waals surface area contributed by atoms with Gasteiger partial charge in [0, 0.05) is 23.8 Å². The van der Waals surface area contributed by atoms with Gasteiger partial charge in [-0.25, -0.2) is 4.98 Å². The molecule has 0 radical (unpaired) electrons. The van der Waals surface area contributed by atoms with Gasteiger partial charge in [0.05, 0.1) is 44.0 Å². The Morgan fingerprint density at radius 3 is 2.27 bits per heavy atom. The molecule has 186 valence electrons. The van der Waals surface area contributed by atoms with Gasteiger partial charge in [0.15, 0.2) is 5.78 Å². The highest BCUT2D eigenvalue weighted by atomic mass is 16.5. The van der Waals surface area contributed by atoms with Crippen molar-refractivity contribution in [2.75, 3.05) is 32.2 Å². The first-order valence-electron chi connectivity index (χ1n) is 11.8. The number of Topliss-reactive ketones (excluding diaryl/α,β-unsaturated/α-hetero) is 1. The molecule has 2 aliphatic heterocycles. The van der Waals surface area contributed by atoms with E-state index in [0.29, 0.717) is 34.1 Å². The molecule has 6 rings (SSSR count). The van der Waals surface area contributed by atoms with Crippen molar-refractivity contribution < 1.29 is 19.1 Å². The second kappa shape index (κ2) is 8.41. The lowest BCUT2D eigenvalue weighted by molar-refractivity contribution is -0.122. The van der Waals surface area contributed by atoms with E-state index in [1.54, 1.807) is 54.4 Å². The lowest BCUT2D eigenvalue weighted by atomic mass is 9.82. The van der Waals surface area contributed by atoms with Crippen molar-refractivity contribution in [1.29, 1.82) is 0 Å². The van der Waals surface area contributed by atoms with Crippen LogP contribution in [0.4, 0.5) is 5.69 Å². The molecule has 0 unspecified atom stereocenters. The number of rotatable bonds is 5. The van der Waals surface area contributed by atoms with Crippen LogP contribution < -0.4 is 20.1 Å². The number of para-hydroxylation sites is 2. The van der Waals surface area contributed by atoms with Crippen molar-refractivity contribution in [1.82, 2.24) is 14.9 Å². The second-order valence-electron chi connectivity index (χ2n) is 9.16. The van der Waals surface area contributed by atoms with E-state index >= 15 is 0 Å². The van der Waals surface area contributed by atoms with Crippen molar-refractivity contribution in [3.63, 3.8) is 0 Å². The van der Waals surface area contributed by atoms with Gasteiger partial charge in [-0.05, 0) is 24.3 Å². The summed E-state index contributed by atoms with van der Waals surface area (Å²) in [6.45, 7) is 0.340. The Morgan fingerprint density at radius 1 is 0.973 bits per heavy atom. The van der Waals surface area contributed by atoms with E-state index in [0.717, 1.165) is 11.0 Å². The molecule has 9 heteroatoms. The summed E-state index contributed by atoms with van der Waals surface area (Å²) in [5.74, 6) is 1.43. The molecule has 0 saturated carbocycles. The van der Waals surface area contributed by atoms with Crippen molar-refractivity contribution in [3.8, 4) is 11.5 Å². The molecule has 3 heterocycles. The zero-order chi connectivity index (χ0) is 25.7. The Morgan fingerprint density at radius 2 is 1.62 bits per heavy atom. The van der Waals surface area contributed by atoms with E-state index in [2.05, 4.69) is 9.97 Å². The highest BCUT2D eigenvalue weighted by Crippen LogP contribution is 2.46. The summed E-state index contributed by atoms with van der Waals surface area (Å²) < 4.78 is 11.0. The summed E-state index contributed by atoms with van der Waals surface area (Å²) >= 11 is 0. The normalized spacial score (nSPS) is 16.4. The van der Waals surface area contributed by atoms with Gasteiger partial charge in [0.2, 0.25) is 0 Å². The number of aromatic amines is 1. The van der Waals surface area contributed by atoms with Crippen molar-refractivity contribution >= 4 is 34.0 Å². The maximum Gasteiger partial charge on any atom is 0.254 e. The van der Waals surface area contributed by atoms with Crippen molar-refractivity contribution in [3.05, 3.63) is 90.0 Å². The third-order valence-electron chi connectivity index (χ3n) is 7.01. The number of carbonyl (C=O) groups excluding carboxylic acids is 2. The number of anilines is 1. The zero-order valence-corrected chi connectivity index (χ0v) is 20.4. The van der Waals surface area contributed by atoms with Crippen LogP contribution in [0.3, 0.4) is 0 Å². The monoisotopic (exact) mass is 495 g/mol. The van der Waals surface area contributed by atoms with E-state index in [4.69, 9.17) is 15.2 Å². The Bertz CT molecular complexity index is 1510. The lowest BCUT2D eigenvalue weighted by Gasteiger charge is -2.52. The second-order valence-corrected chi connectivity index (χ2v) is 9.16. The Balaban J connectivity index is 1.46. The zero-order valence-electron chi connectivity index (χ0n) is 20.4. The topological polar surface area (TPSA) is 114 Å². The molecule has 3 N–H and O–H groups in total. The smallest absolute Gasteiger partial charge is 0.254 e. The Labute approximate surface area is 213 Å². The molecule has 0 atom stereocenters. The van der Waals surface area contributed by atoms with Crippen LogP contribution in [0.5, 0.6) is 11.5 Å². The SMILES string of the molecule is COc1cc(OC)cc(N2C(N)=C(c3nc4ccccc4[nH]3)C(=O)C23CN(C(=O)c2ccccc2)C3)c1. The molecule has 1 amide bonds. The fraction of sp³-hybridized carbons (Fsp3) is 0.179. The number of H-pyrrole nitrogens is 1. The van der Waals surface area contributed by atoms with Crippen LogP contribution in [0.15, 0.2) is 78.6 Å². The first kappa shape index (κ1) is 22.7. The van der Waals surface area contributed by atoms with Crippen molar-refractivity contribution in [2.24, 2.45) is 5.73 Å². The fourth-order valence-corrected chi connectivity index (χ4v) is 5.18. The molecule has 9 nitrogen and oxygen atoms in total. The number of aromatic nitrogens is 2. The third kappa shape index (κ3) is 3.42. The fourth-order valence-electron chi connectivity index (χ4n) is 5.18. The highest BCUT2D eigenvalue weighted by molar-refractivity contribution is 6.31. The minimum Gasteiger partial charge on any atom is -0.497 e. The maximum atomic E-state index is 14.2. The highest BCUT2D eigenvalue weighted by Gasteiger charge is 2.61. The number of fused-ring (bicyclic) bond motifs is 1. The summed E-state index contributed by atoms with van der Waals surface area (Å²) in [6, 6.07) is 21.9. The number of nitrogens with two attached hydrogens (primary N) is 1. The van der Waals surface area contributed by atoms with Gasteiger partial charge in [-0.1, -0.05) is 30.3 Å². The summed E-state index contributed by atoms with van der Waals surface area (Å²) in [5.41, 5.74) is 8.68. The number of methoxy groups -OCH3 is 2. The molecule has 1 spiro atoms. The number of benzene rings is 3. The molecule has 0 bridgehead atoms. The molecule has 1 aromatic heterocycles. The number of carbonyl (C=O) groups is 2. The summed E-state index contributed by atoms with van der Waals surface area (Å²) in [6.07, 6.45) is 0. The predicted octanol–water partition coefficient (Wildman–Crippen LogP) is 3.19. The van der Waals surface area contributed by atoms with Gasteiger partial charge >= 0.3 is 0 Å². The largest absolute Gasteiger partial charge is 0.497 e. The molecule has 0 aliphatic carbocycles. The van der Waals surface area contributed by atoms with E-state index in [1.165, 1.54) is 0 Å². The molecular formula is C28H25N5O4. The number of ketones is 1. The van der Waals surface area contributed by atoms with E-state index in [-0.39, 0.29) is 30.6 Å². The predicted molar refractivity (Wildman–Crippen MR) is 139 cm³/mol. The number of ether oxygens (including phenoxy) is 2. The number of nitrogens with one attached hydrogen (secondary N) is 1. The van der Waals surface area contributed by atoms with Crippen LogP contribution in [-0.4, -0.2) is 59.4 Å². The quantitative estimate of drug-likeness (QED) is 0.437. The molecule has 2 aliphatic rings. The van der Waals surface area contributed by atoms with Crippen molar-refractivity contribution in [2.45, 2.75) is 5.54 Å². The number of likely N-dealkylation sites (tertiary alicyclic amines) is 1. The Kier molecular flexibility index (Phi) is 5.15. The standard InChI is InChI=1S/C28H25N5O4/c1-36-19-12-18(13-20(14-19)37-2)33-25(29)23(26-30-21-10-6-7-11-22(21)31-26)24(34)28(33)15-32(16-28)27(35)17-8-4-3-5-9-17/h3-14H,15-16,29H2,1-2H3,(H,30,31). The molecule has 1 fully saturated rings. The van der Waals surface area contributed by atoms with Gasteiger partial charge in [-0.15, -0.1) is 0 Å². The summed E-state index contributed by atoms with van der Waals surface area (Å²) in [5, 5.41) is 0. The minimum atomic E-state index is -1.08. The number of nitrogens with zero attached hydrogens (tertiary/aromatic N) is 3. The van der Waals surface area contributed by atoms with Crippen LogP contribution >= 0.6 is 0 Å². The van der Waals surface area contributed by atoms with Gasteiger partial charge in [0.1, 0.15) is 34.3 Å². The average molecular weight is 496 g/mol. The number of hydrogen-bond acceptors (Lipinski definition) is 7.